The van der Waals surface area contributed by atoms with Crippen LogP contribution in [-0.2, 0) is 0 Å². The molecule has 0 unspecified atom stereocenters. The molecule has 1 N–H and O–H groups in total. The highest BCUT2D eigenvalue weighted by molar-refractivity contribution is 5.71. The van der Waals surface area contributed by atoms with Crippen molar-refractivity contribution >= 4 is 23.4 Å². The summed E-state index contributed by atoms with van der Waals surface area (Å²) in [4.78, 5) is 6.64. The van der Waals surface area contributed by atoms with E-state index >= 15 is 0 Å². The minimum Gasteiger partial charge on any atom is -0.366 e. The number of nitrogens with zero attached hydrogens (tertiary/aromatic N) is 2. The summed E-state index contributed by atoms with van der Waals surface area (Å²) in [7, 11) is 2.03. The highest BCUT2D eigenvalue weighted by Gasteiger charge is 2.05. The molecule has 0 radical (unpaired) electrons. The molecule has 0 saturated heterocycles. The summed E-state index contributed by atoms with van der Waals surface area (Å²) < 4.78 is 0. The van der Waals surface area contributed by atoms with E-state index in [0.717, 1.165) is 23.6 Å². The molecule has 2 aromatic rings. The Labute approximate surface area is 133 Å². The number of rotatable bonds is 5. The van der Waals surface area contributed by atoms with Gasteiger partial charge in [-0.2, -0.15) is 0 Å². The quantitative estimate of drug-likeness (QED) is 0.623. The fourth-order valence-electron chi connectivity index (χ4n) is 2.18. The summed E-state index contributed by atoms with van der Waals surface area (Å²) in [6.45, 7) is 9.39. The Balaban J connectivity index is 2.27. The van der Waals surface area contributed by atoms with Crippen molar-refractivity contribution in [1.82, 2.24) is 4.90 Å². The standard InChI is InChI=1S/C19H25N3/c1-6-22(5)13-20-18-11-16(4)19(12-15(18)3)21-17-10-8-7-9-14(17)2/h7-13,21H,6H2,1-5H3. The van der Waals surface area contributed by atoms with Gasteiger partial charge in [-0.3, -0.25) is 0 Å². The number of anilines is 2. The van der Waals surface area contributed by atoms with E-state index in [9.17, 15) is 0 Å². The van der Waals surface area contributed by atoms with E-state index in [-0.39, 0.29) is 0 Å². The van der Waals surface area contributed by atoms with Crippen molar-refractivity contribution in [3.05, 3.63) is 53.1 Å². The maximum absolute atomic E-state index is 4.58. The van der Waals surface area contributed by atoms with Gasteiger partial charge in [0.2, 0.25) is 0 Å². The van der Waals surface area contributed by atoms with Crippen LogP contribution >= 0.6 is 0 Å². The average Bonchev–Trinajstić information content (AvgIpc) is 2.51. The van der Waals surface area contributed by atoms with E-state index in [4.69, 9.17) is 0 Å². The van der Waals surface area contributed by atoms with Gasteiger partial charge in [0, 0.05) is 25.0 Å². The molecule has 3 nitrogen and oxygen atoms in total. The predicted molar refractivity (Wildman–Crippen MR) is 96.8 cm³/mol. The van der Waals surface area contributed by atoms with E-state index in [1.165, 1.54) is 16.7 Å². The van der Waals surface area contributed by atoms with Gasteiger partial charge >= 0.3 is 0 Å². The molecule has 0 spiro atoms. The lowest BCUT2D eigenvalue weighted by Gasteiger charge is -2.14. The molecule has 0 aromatic heterocycles. The van der Waals surface area contributed by atoms with E-state index in [1.54, 1.807) is 0 Å². The molecule has 0 atom stereocenters. The van der Waals surface area contributed by atoms with Gasteiger partial charge in [-0.25, -0.2) is 4.99 Å². The third kappa shape index (κ3) is 3.88. The lowest BCUT2D eigenvalue weighted by atomic mass is 10.1. The second-order valence-corrected chi connectivity index (χ2v) is 5.71. The summed E-state index contributed by atoms with van der Waals surface area (Å²) in [6, 6.07) is 12.6. The zero-order valence-corrected chi connectivity index (χ0v) is 14.1. The van der Waals surface area contributed by atoms with Crippen LogP contribution in [0.25, 0.3) is 0 Å². The third-order valence-electron chi connectivity index (χ3n) is 3.85. The fraction of sp³-hybridized carbons (Fsp3) is 0.316. The van der Waals surface area contributed by atoms with Crippen LogP contribution < -0.4 is 5.32 Å². The number of hydrogen-bond donors (Lipinski definition) is 1. The number of nitrogens with one attached hydrogen (secondary N) is 1. The van der Waals surface area contributed by atoms with Gasteiger partial charge in [0.25, 0.3) is 0 Å². The summed E-state index contributed by atoms with van der Waals surface area (Å²) in [5.74, 6) is 0. The second kappa shape index (κ2) is 7.12. The molecule has 116 valence electrons. The summed E-state index contributed by atoms with van der Waals surface area (Å²) in [5, 5.41) is 3.52. The van der Waals surface area contributed by atoms with E-state index < -0.39 is 0 Å². The van der Waals surface area contributed by atoms with E-state index in [1.807, 2.05) is 13.4 Å². The fourth-order valence-corrected chi connectivity index (χ4v) is 2.18. The Morgan fingerprint density at radius 1 is 1.00 bits per heavy atom. The van der Waals surface area contributed by atoms with Crippen LogP contribution in [0.15, 0.2) is 41.4 Å². The summed E-state index contributed by atoms with van der Waals surface area (Å²) >= 11 is 0. The molecule has 2 aromatic carbocycles. The van der Waals surface area contributed by atoms with Crippen LogP contribution in [0.2, 0.25) is 0 Å². The minimum absolute atomic E-state index is 0.953. The first-order chi connectivity index (χ1) is 10.5. The maximum atomic E-state index is 4.58. The molecule has 3 heteroatoms. The summed E-state index contributed by atoms with van der Waals surface area (Å²) in [6.07, 6.45) is 1.89. The van der Waals surface area contributed by atoms with Crippen molar-refractivity contribution in [1.29, 1.82) is 0 Å². The van der Waals surface area contributed by atoms with Gasteiger partial charge in [0.15, 0.2) is 0 Å². The largest absolute Gasteiger partial charge is 0.366 e. The van der Waals surface area contributed by atoms with Gasteiger partial charge in [0.05, 0.1) is 12.0 Å². The lowest BCUT2D eigenvalue weighted by molar-refractivity contribution is 0.552. The first-order valence-corrected chi connectivity index (χ1v) is 7.69. The number of aliphatic imine (C=N–C) groups is 1. The van der Waals surface area contributed by atoms with Gasteiger partial charge in [-0.05, 0) is 62.6 Å². The molecule has 2 rings (SSSR count). The number of benzene rings is 2. The lowest BCUT2D eigenvalue weighted by Crippen LogP contribution is -2.14. The molecule has 0 aliphatic heterocycles. The van der Waals surface area contributed by atoms with Crippen LogP contribution in [0.5, 0.6) is 0 Å². The molecule has 0 amide bonds. The molecule has 0 heterocycles. The maximum Gasteiger partial charge on any atom is 0.0909 e. The van der Waals surface area contributed by atoms with E-state index in [2.05, 4.69) is 79.3 Å². The Bertz CT molecular complexity index is 674. The Kier molecular flexibility index (Phi) is 5.21. The normalized spacial score (nSPS) is 11.0. The Hall–Kier alpha value is -2.29. The van der Waals surface area contributed by atoms with Crippen molar-refractivity contribution in [2.45, 2.75) is 27.7 Å². The first-order valence-electron chi connectivity index (χ1n) is 7.69. The average molecular weight is 295 g/mol. The van der Waals surface area contributed by atoms with Gasteiger partial charge in [-0.15, -0.1) is 0 Å². The van der Waals surface area contributed by atoms with Gasteiger partial charge in [0.1, 0.15) is 0 Å². The van der Waals surface area contributed by atoms with Gasteiger partial charge < -0.3 is 10.2 Å². The smallest absolute Gasteiger partial charge is 0.0909 e. The molecule has 0 bridgehead atoms. The molecule has 0 fully saturated rings. The molecular weight excluding hydrogens is 270 g/mol. The zero-order chi connectivity index (χ0) is 16.1. The third-order valence-corrected chi connectivity index (χ3v) is 3.85. The monoisotopic (exact) mass is 295 g/mol. The van der Waals surface area contributed by atoms with Crippen molar-refractivity contribution in [2.24, 2.45) is 4.99 Å². The number of hydrogen-bond acceptors (Lipinski definition) is 2. The van der Waals surface area contributed by atoms with Crippen molar-refractivity contribution in [3.8, 4) is 0 Å². The Morgan fingerprint density at radius 2 is 1.73 bits per heavy atom. The highest BCUT2D eigenvalue weighted by atomic mass is 15.1. The molecule has 22 heavy (non-hydrogen) atoms. The van der Waals surface area contributed by atoms with E-state index in [0.29, 0.717) is 0 Å². The van der Waals surface area contributed by atoms with Crippen LogP contribution in [-0.4, -0.2) is 24.8 Å². The second-order valence-electron chi connectivity index (χ2n) is 5.71. The number of aryl methyl sites for hydroxylation is 3. The van der Waals surface area contributed by atoms with Crippen LogP contribution in [0.3, 0.4) is 0 Å². The topological polar surface area (TPSA) is 27.6 Å². The van der Waals surface area contributed by atoms with Crippen LogP contribution in [0.1, 0.15) is 23.6 Å². The molecule has 0 saturated carbocycles. The molecule has 0 aliphatic rings. The SMILES string of the molecule is CCN(C)C=Nc1cc(C)c(Nc2ccccc2C)cc1C. The van der Waals surface area contributed by atoms with Crippen LogP contribution in [0.4, 0.5) is 17.1 Å². The minimum atomic E-state index is 0.953. The van der Waals surface area contributed by atoms with Crippen molar-refractivity contribution in [3.63, 3.8) is 0 Å². The van der Waals surface area contributed by atoms with Crippen LogP contribution in [0, 0.1) is 20.8 Å². The molecule has 0 aliphatic carbocycles. The van der Waals surface area contributed by atoms with Crippen molar-refractivity contribution in [2.75, 3.05) is 18.9 Å². The number of para-hydroxylation sites is 1. The molecular formula is C19H25N3. The highest BCUT2D eigenvalue weighted by Crippen LogP contribution is 2.29. The van der Waals surface area contributed by atoms with Crippen molar-refractivity contribution < 1.29 is 0 Å². The van der Waals surface area contributed by atoms with Gasteiger partial charge in [-0.1, -0.05) is 18.2 Å². The first kappa shape index (κ1) is 16.1. The Morgan fingerprint density at radius 3 is 2.41 bits per heavy atom. The zero-order valence-electron chi connectivity index (χ0n) is 14.1. The predicted octanol–water partition coefficient (Wildman–Crippen LogP) is 4.97. The summed E-state index contributed by atoms with van der Waals surface area (Å²) in [5.41, 5.74) is 6.91.